The van der Waals surface area contributed by atoms with Gasteiger partial charge in [0.1, 0.15) is 11.5 Å². The average Bonchev–Trinajstić information content (AvgIpc) is 3.77. The SMILES string of the molecule is C=CCN(C[C@H]1O[C@@H](c2ccc(-c3cccc(CNC(=O)Nc4ccc(Oc5ccccc5)cc4)c3)cc2)O[C@@H](c2ccc(CO)cc2)[C@H]1C)C1CCCC1. The maximum absolute atomic E-state index is 12.8. The highest BCUT2D eigenvalue weighted by Crippen LogP contribution is 2.42. The molecule has 0 spiro atoms. The first-order chi connectivity index (χ1) is 26.9. The van der Waals surface area contributed by atoms with Gasteiger partial charge in [0.2, 0.25) is 0 Å². The lowest BCUT2D eigenvalue weighted by Crippen LogP contribution is -2.47. The van der Waals surface area contributed by atoms with Gasteiger partial charge in [0, 0.05) is 42.8 Å². The Kier molecular flexibility index (Phi) is 12.7. The van der Waals surface area contributed by atoms with Gasteiger partial charge in [-0.25, -0.2) is 4.79 Å². The molecule has 2 amide bonds. The minimum atomic E-state index is -0.534. The standard InChI is InChI=1S/C47H51N3O5/c1-3-28-50(41-12-7-8-13-41)31-44-33(2)45(37-18-16-34(32-51)17-19-37)55-46(54-44)38-22-20-36(21-23-38)39-11-9-10-35(29-39)30-48-47(52)49-40-24-26-43(27-25-40)53-42-14-5-4-6-15-42/h3-6,9-11,14-27,29,33,41,44-46,51H,1,7-8,12-13,28,30-32H2,2H3,(H2,48,49,52)/t33-,44+,45+,46+/m0/s1. The van der Waals surface area contributed by atoms with Gasteiger partial charge < -0.3 is 30.0 Å². The largest absolute Gasteiger partial charge is 0.457 e. The van der Waals surface area contributed by atoms with Crippen LogP contribution in [0.2, 0.25) is 0 Å². The number of aliphatic hydroxyl groups excluding tert-OH is 1. The summed E-state index contributed by atoms with van der Waals surface area (Å²) in [5.41, 5.74) is 6.70. The summed E-state index contributed by atoms with van der Waals surface area (Å²) in [5.74, 6) is 1.56. The molecule has 1 aliphatic carbocycles. The van der Waals surface area contributed by atoms with Crippen molar-refractivity contribution in [2.45, 2.75) is 70.3 Å². The lowest BCUT2D eigenvalue weighted by Gasteiger charge is -2.43. The first kappa shape index (κ1) is 38.0. The Bertz CT molecular complexity index is 1980. The summed E-state index contributed by atoms with van der Waals surface area (Å²) in [6, 6.07) is 41.8. The van der Waals surface area contributed by atoms with Gasteiger partial charge in [0.25, 0.3) is 0 Å². The zero-order chi connectivity index (χ0) is 38.0. The Morgan fingerprint density at radius 3 is 2.24 bits per heavy atom. The number of amides is 2. The number of aliphatic hydroxyl groups is 1. The molecule has 5 aromatic rings. The van der Waals surface area contributed by atoms with Gasteiger partial charge in [0.05, 0.1) is 18.8 Å². The van der Waals surface area contributed by atoms with Crippen LogP contribution in [-0.2, 0) is 22.6 Å². The molecule has 5 aromatic carbocycles. The molecule has 1 heterocycles. The van der Waals surface area contributed by atoms with Crippen LogP contribution in [0, 0.1) is 5.92 Å². The predicted octanol–water partition coefficient (Wildman–Crippen LogP) is 10.2. The number of para-hydroxylation sites is 1. The molecule has 1 saturated carbocycles. The smallest absolute Gasteiger partial charge is 0.319 e. The van der Waals surface area contributed by atoms with Gasteiger partial charge in [0.15, 0.2) is 6.29 Å². The second kappa shape index (κ2) is 18.4. The highest BCUT2D eigenvalue weighted by atomic mass is 16.7. The minimum Gasteiger partial charge on any atom is -0.457 e. The highest BCUT2D eigenvalue weighted by Gasteiger charge is 2.40. The number of carbonyl (C=O) groups excluding carboxylic acids is 1. The van der Waals surface area contributed by atoms with Gasteiger partial charge >= 0.3 is 6.03 Å². The van der Waals surface area contributed by atoms with Crippen LogP contribution in [0.1, 0.15) is 67.3 Å². The first-order valence-electron chi connectivity index (χ1n) is 19.4. The number of urea groups is 1. The van der Waals surface area contributed by atoms with E-state index in [1.54, 1.807) is 0 Å². The maximum Gasteiger partial charge on any atom is 0.319 e. The van der Waals surface area contributed by atoms with Gasteiger partial charge in [-0.2, -0.15) is 0 Å². The van der Waals surface area contributed by atoms with Crippen LogP contribution >= 0.6 is 0 Å². The van der Waals surface area contributed by atoms with E-state index < -0.39 is 6.29 Å². The number of ether oxygens (including phenoxy) is 3. The molecule has 4 atom stereocenters. The molecule has 55 heavy (non-hydrogen) atoms. The van der Waals surface area contributed by atoms with Crippen LogP contribution in [-0.4, -0.2) is 41.3 Å². The number of hydrogen-bond acceptors (Lipinski definition) is 6. The predicted molar refractivity (Wildman–Crippen MR) is 218 cm³/mol. The van der Waals surface area contributed by atoms with E-state index in [1.165, 1.54) is 25.7 Å². The second-order valence-corrected chi connectivity index (χ2v) is 14.6. The Balaban J connectivity index is 0.999. The molecule has 8 nitrogen and oxygen atoms in total. The van der Waals surface area contributed by atoms with Gasteiger partial charge in [-0.3, -0.25) is 4.90 Å². The van der Waals surface area contributed by atoms with E-state index in [-0.39, 0.29) is 30.8 Å². The Labute approximate surface area is 324 Å². The van der Waals surface area contributed by atoms with Crippen LogP contribution in [0.25, 0.3) is 11.1 Å². The molecule has 1 saturated heterocycles. The molecule has 8 heteroatoms. The van der Waals surface area contributed by atoms with Crippen molar-refractivity contribution in [3.63, 3.8) is 0 Å². The van der Waals surface area contributed by atoms with Crippen molar-refractivity contribution in [2.75, 3.05) is 18.4 Å². The van der Waals surface area contributed by atoms with Crippen LogP contribution in [0.3, 0.4) is 0 Å². The van der Waals surface area contributed by atoms with E-state index in [9.17, 15) is 9.90 Å². The van der Waals surface area contributed by atoms with Crippen molar-refractivity contribution in [2.24, 2.45) is 5.92 Å². The van der Waals surface area contributed by atoms with E-state index in [0.717, 1.165) is 52.2 Å². The number of nitrogens with one attached hydrogen (secondary N) is 2. The Hall–Kier alpha value is -5.25. The molecule has 0 radical (unpaired) electrons. The third kappa shape index (κ3) is 9.90. The summed E-state index contributed by atoms with van der Waals surface area (Å²) in [4.78, 5) is 15.3. The van der Waals surface area contributed by atoms with E-state index in [2.05, 4.69) is 77.6 Å². The number of rotatable bonds is 14. The van der Waals surface area contributed by atoms with Crippen LogP contribution in [0.4, 0.5) is 10.5 Å². The topological polar surface area (TPSA) is 92.3 Å². The number of hydrogen-bond donors (Lipinski definition) is 3. The number of carbonyl (C=O) groups is 1. The zero-order valence-corrected chi connectivity index (χ0v) is 31.5. The molecule has 0 aromatic heterocycles. The fourth-order valence-corrected chi connectivity index (χ4v) is 7.65. The lowest BCUT2D eigenvalue weighted by molar-refractivity contribution is -0.276. The maximum atomic E-state index is 12.8. The Morgan fingerprint density at radius 2 is 1.53 bits per heavy atom. The summed E-state index contributed by atoms with van der Waals surface area (Å²) in [7, 11) is 0. The summed E-state index contributed by atoms with van der Waals surface area (Å²) in [5, 5.41) is 15.5. The average molecular weight is 738 g/mol. The van der Waals surface area contributed by atoms with Gasteiger partial charge in [-0.1, -0.05) is 111 Å². The summed E-state index contributed by atoms with van der Waals surface area (Å²) >= 11 is 0. The molecule has 7 rings (SSSR count). The van der Waals surface area contributed by atoms with Crippen molar-refractivity contribution >= 4 is 11.7 Å². The zero-order valence-electron chi connectivity index (χ0n) is 31.5. The van der Waals surface area contributed by atoms with Crippen LogP contribution in [0.5, 0.6) is 11.5 Å². The lowest BCUT2D eigenvalue weighted by atomic mass is 9.89. The summed E-state index contributed by atoms with van der Waals surface area (Å²) in [6.07, 6.45) is 6.23. The quantitative estimate of drug-likeness (QED) is 0.0983. The molecule has 0 bridgehead atoms. The van der Waals surface area contributed by atoms with Crippen LogP contribution in [0.15, 0.2) is 140 Å². The summed E-state index contributed by atoms with van der Waals surface area (Å²) in [6.45, 7) is 8.32. The van der Waals surface area contributed by atoms with Gasteiger partial charge in [-0.05, 0) is 83.1 Å². The molecule has 0 unspecified atom stereocenters. The van der Waals surface area contributed by atoms with E-state index >= 15 is 0 Å². The van der Waals surface area contributed by atoms with Crippen molar-refractivity contribution < 1.29 is 24.1 Å². The van der Waals surface area contributed by atoms with Crippen molar-refractivity contribution in [3.8, 4) is 22.6 Å². The van der Waals surface area contributed by atoms with Crippen LogP contribution < -0.4 is 15.4 Å². The van der Waals surface area contributed by atoms with Crippen molar-refractivity contribution in [1.82, 2.24) is 10.2 Å². The molecular weight excluding hydrogens is 687 g/mol. The normalized spacial score (nSPS) is 19.9. The molecule has 2 aliphatic rings. The molecule has 2 fully saturated rings. The number of anilines is 1. The fraction of sp³-hybridized carbons (Fsp3) is 0.298. The van der Waals surface area contributed by atoms with E-state index in [1.807, 2.05) is 84.9 Å². The summed E-state index contributed by atoms with van der Waals surface area (Å²) < 4.78 is 19.4. The molecule has 284 valence electrons. The van der Waals surface area contributed by atoms with Crippen molar-refractivity contribution in [3.05, 3.63) is 162 Å². The highest BCUT2D eigenvalue weighted by molar-refractivity contribution is 5.89. The fourth-order valence-electron chi connectivity index (χ4n) is 7.65. The third-order valence-electron chi connectivity index (χ3n) is 10.7. The number of nitrogens with zero attached hydrogens (tertiary/aromatic N) is 1. The molecule has 3 N–H and O–H groups in total. The van der Waals surface area contributed by atoms with E-state index in [0.29, 0.717) is 24.0 Å². The van der Waals surface area contributed by atoms with E-state index in [4.69, 9.17) is 14.2 Å². The molecular formula is C47H51N3O5. The monoisotopic (exact) mass is 737 g/mol. The Morgan fingerprint density at radius 1 is 0.818 bits per heavy atom. The second-order valence-electron chi connectivity index (χ2n) is 14.6. The number of benzene rings is 5. The first-order valence-corrected chi connectivity index (χ1v) is 19.4. The minimum absolute atomic E-state index is 0.0102. The molecule has 1 aliphatic heterocycles. The third-order valence-corrected chi connectivity index (χ3v) is 10.7. The van der Waals surface area contributed by atoms with Crippen molar-refractivity contribution in [1.29, 1.82) is 0 Å². The van der Waals surface area contributed by atoms with Gasteiger partial charge in [-0.15, -0.1) is 6.58 Å².